The van der Waals surface area contributed by atoms with Crippen molar-refractivity contribution < 1.29 is 14.3 Å². The van der Waals surface area contributed by atoms with Crippen LogP contribution >= 0.6 is 34.8 Å². The summed E-state index contributed by atoms with van der Waals surface area (Å²) in [5, 5.41) is 6.25. The first-order valence-electron chi connectivity index (χ1n) is 11.0. The van der Waals surface area contributed by atoms with Crippen LogP contribution in [0.1, 0.15) is 36.8 Å². The molecule has 35 heavy (non-hydrogen) atoms. The predicted octanol–water partition coefficient (Wildman–Crippen LogP) is 7.97. The molecule has 0 unspecified atom stereocenters. The summed E-state index contributed by atoms with van der Waals surface area (Å²) in [5.74, 6) is 0.141. The Morgan fingerprint density at radius 2 is 1.66 bits per heavy atom. The normalized spacial score (nSPS) is 13.5. The van der Waals surface area contributed by atoms with E-state index in [0.29, 0.717) is 37.8 Å². The van der Waals surface area contributed by atoms with Gasteiger partial charge in [0.2, 0.25) is 0 Å². The van der Waals surface area contributed by atoms with Gasteiger partial charge in [-0.05, 0) is 74.4 Å². The Morgan fingerprint density at radius 1 is 0.971 bits per heavy atom. The lowest BCUT2D eigenvalue weighted by atomic mass is 9.88. The first kappa shape index (κ1) is 23.7. The Bertz CT molecular complexity index is 1460. The van der Waals surface area contributed by atoms with Gasteiger partial charge in [0.05, 0.1) is 28.6 Å². The van der Waals surface area contributed by atoms with E-state index in [9.17, 15) is 4.79 Å². The second kappa shape index (κ2) is 8.90. The van der Waals surface area contributed by atoms with Crippen LogP contribution < -0.4 is 4.74 Å². The van der Waals surface area contributed by atoms with E-state index in [-0.39, 0.29) is 12.3 Å². The van der Waals surface area contributed by atoms with Crippen LogP contribution in [0.25, 0.3) is 28.1 Å². The molecule has 0 spiro atoms. The quantitative estimate of drug-likeness (QED) is 0.253. The van der Waals surface area contributed by atoms with E-state index in [1.165, 1.54) is 0 Å². The van der Waals surface area contributed by atoms with Gasteiger partial charge in [0.15, 0.2) is 5.69 Å². The molecule has 0 atom stereocenters. The van der Waals surface area contributed by atoms with Gasteiger partial charge in [-0.1, -0.05) is 53.0 Å². The summed E-state index contributed by atoms with van der Waals surface area (Å²) >= 11 is 18.8. The molecule has 0 radical (unpaired) electrons. The fourth-order valence-corrected chi connectivity index (χ4v) is 4.97. The Balaban J connectivity index is 1.77. The highest BCUT2D eigenvalue weighted by Gasteiger charge is 2.42. The molecule has 2 heterocycles. The molecule has 4 aromatic rings. The van der Waals surface area contributed by atoms with E-state index >= 15 is 0 Å². The summed E-state index contributed by atoms with van der Waals surface area (Å²) in [5.41, 5.74) is 4.01. The van der Waals surface area contributed by atoms with Gasteiger partial charge in [-0.3, -0.25) is 0 Å². The van der Waals surface area contributed by atoms with E-state index in [1.807, 2.05) is 56.3 Å². The molecule has 0 saturated carbocycles. The maximum absolute atomic E-state index is 12.9. The molecule has 8 heteroatoms. The lowest BCUT2D eigenvalue weighted by Crippen LogP contribution is -2.31. The lowest BCUT2D eigenvalue weighted by Gasteiger charge is -2.33. The second-order valence-corrected chi connectivity index (χ2v) is 9.91. The summed E-state index contributed by atoms with van der Waals surface area (Å²) in [6.07, 6.45) is 0. The van der Waals surface area contributed by atoms with Crippen molar-refractivity contribution in [3.63, 3.8) is 0 Å². The zero-order valence-corrected chi connectivity index (χ0v) is 21.5. The zero-order chi connectivity index (χ0) is 24.9. The monoisotopic (exact) mass is 526 g/mol. The molecule has 0 aliphatic carbocycles. The highest BCUT2D eigenvalue weighted by Crippen LogP contribution is 2.49. The Hall–Kier alpha value is -2.99. The van der Waals surface area contributed by atoms with E-state index in [4.69, 9.17) is 44.3 Å². The fourth-order valence-electron chi connectivity index (χ4n) is 4.36. The third-order valence-corrected chi connectivity index (χ3v) is 6.66. The molecule has 1 aliphatic heterocycles. The second-order valence-electron chi connectivity index (χ2n) is 8.63. The number of hydrogen-bond donors (Lipinski definition) is 0. The van der Waals surface area contributed by atoms with Crippen LogP contribution in [0.2, 0.25) is 15.1 Å². The number of fused-ring (bicyclic) bond motifs is 3. The van der Waals surface area contributed by atoms with Crippen molar-refractivity contribution in [2.45, 2.75) is 26.4 Å². The SMILES string of the molecule is CCOC(=O)c1nn(-c2ccc(Cl)cc2Cl)c2c1C(C)(C)Oc1cc(-c3ccc(Cl)cc3)ccc1-2. The van der Waals surface area contributed by atoms with E-state index in [1.54, 1.807) is 29.8 Å². The summed E-state index contributed by atoms with van der Waals surface area (Å²) in [6, 6.07) is 18.7. The maximum Gasteiger partial charge on any atom is 0.359 e. The molecule has 5 nitrogen and oxygen atoms in total. The molecule has 0 saturated heterocycles. The van der Waals surface area contributed by atoms with Gasteiger partial charge in [-0.2, -0.15) is 5.10 Å². The first-order chi connectivity index (χ1) is 16.7. The molecule has 0 bridgehead atoms. The first-order valence-corrected chi connectivity index (χ1v) is 12.2. The maximum atomic E-state index is 12.9. The minimum Gasteiger partial charge on any atom is -0.482 e. The molecule has 178 valence electrons. The van der Waals surface area contributed by atoms with Crippen LogP contribution in [0.15, 0.2) is 60.7 Å². The van der Waals surface area contributed by atoms with E-state index in [2.05, 4.69) is 5.10 Å². The molecule has 0 amide bonds. The number of carbonyl (C=O) groups is 1. The average Bonchev–Trinajstić information content (AvgIpc) is 3.21. The summed E-state index contributed by atoms with van der Waals surface area (Å²) in [6.45, 7) is 5.79. The van der Waals surface area contributed by atoms with Gasteiger partial charge in [0, 0.05) is 15.6 Å². The average molecular weight is 528 g/mol. The van der Waals surface area contributed by atoms with Gasteiger partial charge in [-0.25, -0.2) is 9.48 Å². The molecule has 5 rings (SSSR count). The summed E-state index contributed by atoms with van der Waals surface area (Å²) in [7, 11) is 0. The van der Waals surface area contributed by atoms with Crippen molar-refractivity contribution >= 4 is 40.8 Å². The molecule has 1 aromatic heterocycles. The van der Waals surface area contributed by atoms with Crippen LogP contribution in [0, 0.1) is 0 Å². The van der Waals surface area contributed by atoms with Gasteiger partial charge >= 0.3 is 5.97 Å². The van der Waals surface area contributed by atoms with Crippen LogP contribution in [0.4, 0.5) is 0 Å². The third-order valence-electron chi connectivity index (χ3n) is 5.87. The van der Waals surface area contributed by atoms with Crippen molar-refractivity contribution in [3.05, 3.63) is 87.0 Å². The molecule has 0 fully saturated rings. The highest BCUT2D eigenvalue weighted by molar-refractivity contribution is 6.35. The fraction of sp³-hybridized carbons (Fsp3) is 0.185. The number of carbonyl (C=O) groups excluding carboxylic acids is 1. The van der Waals surface area contributed by atoms with Gasteiger partial charge in [-0.15, -0.1) is 0 Å². The molecule has 3 aromatic carbocycles. The van der Waals surface area contributed by atoms with Crippen molar-refractivity contribution in [2.24, 2.45) is 0 Å². The number of benzene rings is 3. The number of esters is 1. The third kappa shape index (κ3) is 4.18. The van der Waals surface area contributed by atoms with Crippen molar-refractivity contribution in [2.75, 3.05) is 6.61 Å². The molecular weight excluding hydrogens is 507 g/mol. The van der Waals surface area contributed by atoms with Gasteiger partial charge < -0.3 is 9.47 Å². The zero-order valence-electron chi connectivity index (χ0n) is 19.2. The molecule has 1 aliphatic rings. The van der Waals surface area contributed by atoms with Crippen molar-refractivity contribution in [1.82, 2.24) is 9.78 Å². The Kier molecular flexibility index (Phi) is 6.04. The number of rotatable bonds is 4. The Labute approximate surface area is 218 Å². The standard InChI is InChI=1S/C27H21Cl3N2O3/c1-4-34-26(33)24-23-25(32(31-24)21-12-10-18(29)14-20(21)30)19-11-7-16(13-22(19)35-27(23,2)3)15-5-8-17(28)9-6-15/h5-14H,4H2,1-3H3. The number of halogens is 3. The minimum absolute atomic E-state index is 0.185. The van der Waals surface area contributed by atoms with Crippen molar-refractivity contribution in [1.29, 1.82) is 0 Å². The van der Waals surface area contributed by atoms with Crippen LogP contribution in [-0.2, 0) is 10.3 Å². The molecule has 0 N–H and O–H groups in total. The van der Waals surface area contributed by atoms with Crippen LogP contribution in [-0.4, -0.2) is 22.4 Å². The van der Waals surface area contributed by atoms with Gasteiger partial charge in [0.1, 0.15) is 11.4 Å². The smallest absolute Gasteiger partial charge is 0.359 e. The highest BCUT2D eigenvalue weighted by atomic mass is 35.5. The van der Waals surface area contributed by atoms with E-state index in [0.717, 1.165) is 16.7 Å². The largest absolute Gasteiger partial charge is 0.482 e. The minimum atomic E-state index is -0.875. The predicted molar refractivity (Wildman–Crippen MR) is 139 cm³/mol. The number of nitrogens with zero attached hydrogens (tertiary/aromatic N) is 2. The van der Waals surface area contributed by atoms with Crippen molar-refractivity contribution in [3.8, 4) is 33.8 Å². The number of ether oxygens (including phenoxy) is 2. The molecular formula is C27H21Cl3N2O3. The van der Waals surface area contributed by atoms with Crippen LogP contribution in [0.3, 0.4) is 0 Å². The summed E-state index contributed by atoms with van der Waals surface area (Å²) in [4.78, 5) is 12.9. The summed E-state index contributed by atoms with van der Waals surface area (Å²) < 4.78 is 13.5. The number of aromatic nitrogens is 2. The van der Waals surface area contributed by atoms with Crippen LogP contribution in [0.5, 0.6) is 5.75 Å². The number of hydrogen-bond acceptors (Lipinski definition) is 4. The lowest BCUT2D eigenvalue weighted by molar-refractivity contribution is 0.0500. The Morgan fingerprint density at radius 3 is 2.34 bits per heavy atom. The topological polar surface area (TPSA) is 53.3 Å². The van der Waals surface area contributed by atoms with Gasteiger partial charge in [0.25, 0.3) is 0 Å². The van der Waals surface area contributed by atoms with E-state index < -0.39 is 11.6 Å².